The molecule has 1 aliphatic heterocycles. The second-order valence-corrected chi connectivity index (χ2v) is 6.72. The molecule has 2 aromatic rings. The van der Waals surface area contributed by atoms with E-state index in [1.54, 1.807) is 25.1 Å². The summed E-state index contributed by atoms with van der Waals surface area (Å²) >= 11 is 5.25. The van der Waals surface area contributed by atoms with Gasteiger partial charge in [-0.1, -0.05) is 18.2 Å². The molecule has 0 bridgehead atoms. The first kappa shape index (κ1) is 19.6. The Balaban J connectivity index is 2.04. The maximum Gasteiger partial charge on any atom is 0.270 e. The quantitative estimate of drug-likeness (QED) is 0.471. The zero-order valence-electron chi connectivity index (χ0n) is 15.8. The van der Waals surface area contributed by atoms with Gasteiger partial charge in [0.1, 0.15) is 5.57 Å². The highest BCUT2D eigenvalue weighted by Gasteiger charge is 2.35. The Kier molecular flexibility index (Phi) is 5.46. The van der Waals surface area contributed by atoms with E-state index in [0.717, 1.165) is 11.1 Å². The summed E-state index contributed by atoms with van der Waals surface area (Å²) in [5, 5.41) is 12.5. The third-order valence-corrected chi connectivity index (χ3v) is 4.80. The number of aromatic hydroxyl groups is 1. The number of carbonyl (C=O) groups is 2. The van der Waals surface area contributed by atoms with Crippen LogP contribution in [0.4, 0.5) is 5.69 Å². The van der Waals surface area contributed by atoms with Gasteiger partial charge in [-0.3, -0.25) is 19.8 Å². The van der Waals surface area contributed by atoms with Crippen LogP contribution < -0.4 is 15.0 Å². The predicted molar refractivity (Wildman–Crippen MR) is 111 cm³/mol. The van der Waals surface area contributed by atoms with E-state index in [-0.39, 0.29) is 22.2 Å². The molecule has 1 fully saturated rings. The minimum absolute atomic E-state index is 0.0124. The van der Waals surface area contributed by atoms with Crippen LogP contribution in [0.1, 0.15) is 23.6 Å². The normalized spacial score (nSPS) is 15.8. The number of hydrogen-bond acceptors (Lipinski definition) is 5. The lowest BCUT2D eigenvalue weighted by Gasteiger charge is -2.30. The van der Waals surface area contributed by atoms with Crippen molar-refractivity contribution in [3.63, 3.8) is 0 Å². The molecule has 0 spiro atoms. The standard InChI is InChI=1S/C21H20N2O4S/c1-4-27-18-11-14(8-9-17(18)24)10-15-19(25)22-21(28)23(20(15)26)16-7-5-6-12(2)13(16)3/h5-11,24H,4H2,1-3H3,(H,22,25,28). The topological polar surface area (TPSA) is 78.9 Å². The van der Waals surface area contributed by atoms with Crippen LogP contribution >= 0.6 is 12.2 Å². The Morgan fingerprint density at radius 2 is 1.96 bits per heavy atom. The fraction of sp³-hybridized carbons (Fsp3) is 0.190. The van der Waals surface area contributed by atoms with Gasteiger partial charge in [-0.2, -0.15) is 0 Å². The lowest BCUT2D eigenvalue weighted by atomic mass is 10.0. The predicted octanol–water partition coefficient (Wildman–Crippen LogP) is 3.24. The number of rotatable bonds is 4. The molecular formula is C21H20N2O4S. The number of benzene rings is 2. The van der Waals surface area contributed by atoms with Crippen molar-refractivity contribution in [3.8, 4) is 11.5 Å². The molecule has 3 rings (SSSR count). The van der Waals surface area contributed by atoms with Crippen molar-refractivity contribution in [1.29, 1.82) is 0 Å². The van der Waals surface area contributed by atoms with Crippen LogP contribution in [0.25, 0.3) is 6.08 Å². The van der Waals surface area contributed by atoms with Crippen LogP contribution in [0.3, 0.4) is 0 Å². The molecule has 0 saturated carbocycles. The van der Waals surface area contributed by atoms with Gasteiger partial charge in [0, 0.05) is 0 Å². The van der Waals surface area contributed by atoms with E-state index in [4.69, 9.17) is 17.0 Å². The first-order chi connectivity index (χ1) is 13.3. The van der Waals surface area contributed by atoms with Crippen LogP contribution in [-0.2, 0) is 9.59 Å². The number of aryl methyl sites for hydroxylation is 1. The largest absolute Gasteiger partial charge is 0.504 e. The average molecular weight is 396 g/mol. The Morgan fingerprint density at radius 3 is 2.68 bits per heavy atom. The minimum Gasteiger partial charge on any atom is -0.504 e. The zero-order chi connectivity index (χ0) is 20.4. The van der Waals surface area contributed by atoms with E-state index in [1.165, 1.54) is 17.0 Å². The zero-order valence-corrected chi connectivity index (χ0v) is 16.6. The van der Waals surface area contributed by atoms with Gasteiger partial charge in [0.2, 0.25) is 0 Å². The first-order valence-corrected chi connectivity index (χ1v) is 9.17. The molecule has 144 valence electrons. The highest BCUT2D eigenvalue weighted by Crippen LogP contribution is 2.30. The summed E-state index contributed by atoms with van der Waals surface area (Å²) in [5.74, 6) is -0.805. The highest BCUT2D eigenvalue weighted by atomic mass is 32.1. The highest BCUT2D eigenvalue weighted by molar-refractivity contribution is 7.80. The van der Waals surface area contributed by atoms with Crippen LogP contribution in [0.5, 0.6) is 11.5 Å². The summed E-state index contributed by atoms with van der Waals surface area (Å²) in [7, 11) is 0. The maximum absolute atomic E-state index is 13.1. The van der Waals surface area contributed by atoms with E-state index >= 15 is 0 Å². The Hall–Kier alpha value is -3.19. The molecule has 0 atom stereocenters. The van der Waals surface area contributed by atoms with Gasteiger partial charge in [-0.25, -0.2) is 0 Å². The maximum atomic E-state index is 13.1. The van der Waals surface area contributed by atoms with Gasteiger partial charge >= 0.3 is 0 Å². The molecule has 1 saturated heterocycles. The van der Waals surface area contributed by atoms with Crippen molar-refractivity contribution in [1.82, 2.24) is 5.32 Å². The van der Waals surface area contributed by atoms with Crippen LogP contribution in [-0.4, -0.2) is 28.6 Å². The van der Waals surface area contributed by atoms with Crippen LogP contribution in [0.15, 0.2) is 42.0 Å². The van der Waals surface area contributed by atoms with E-state index in [9.17, 15) is 14.7 Å². The molecule has 2 aromatic carbocycles. The average Bonchev–Trinajstić information content (AvgIpc) is 2.64. The fourth-order valence-electron chi connectivity index (χ4n) is 2.91. The molecule has 1 aliphatic rings. The number of ether oxygens (including phenoxy) is 1. The third-order valence-electron chi connectivity index (χ3n) is 4.51. The second-order valence-electron chi connectivity index (χ2n) is 6.34. The minimum atomic E-state index is -0.567. The van der Waals surface area contributed by atoms with Gasteiger partial charge in [0.15, 0.2) is 16.6 Å². The smallest absolute Gasteiger partial charge is 0.270 e. The summed E-state index contributed by atoms with van der Waals surface area (Å²) in [6.07, 6.45) is 1.46. The number of anilines is 1. The Labute approximate surface area is 168 Å². The first-order valence-electron chi connectivity index (χ1n) is 8.77. The van der Waals surface area contributed by atoms with Crippen LogP contribution in [0, 0.1) is 13.8 Å². The number of nitrogens with zero attached hydrogens (tertiary/aromatic N) is 1. The van der Waals surface area contributed by atoms with Gasteiger partial charge in [-0.15, -0.1) is 0 Å². The molecule has 0 radical (unpaired) electrons. The fourth-order valence-corrected chi connectivity index (χ4v) is 3.19. The molecule has 6 nitrogen and oxygen atoms in total. The summed E-state index contributed by atoms with van der Waals surface area (Å²) in [4.78, 5) is 26.9. The van der Waals surface area contributed by atoms with Crippen LogP contribution in [0.2, 0.25) is 0 Å². The van der Waals surface area contributed by atoms with E-state index < -0.39 is 11.8 Å². The van der Waals surface area contributed by atoms with Crippen molar-refractivity contribution in [2.24, 2.45) is 0 Å². The van der Waals surface area contributed by atoms with Crippen molar-refractivity contribution >= 4 is 40.9 Å². The molecule has 28 heavy (non-hydrogen) atoms. The number of carbonyl (C=O) groups excluding carboxylic acids is 2. The number of thiocarbonyl (C=S) groups is 1. The summed E-state index contributed by atoms with van der Waals surface area (Å²) < 4.78 is 5.36. The monoisotopic (exact) mass is 396 g/mol. The third kappa shape index (κ3) is 3.61. The van der Waals surface area contributed by atoms with Gasteiger partial charge in [-0.05, 0) is 74.0 Å². The van der Waals surface area contributed by atoms with Gasteiger partial charge in [0.25, 0.3) is 11.8 Å². The van der Waals surface area contributed by atoms with Crippen molar-refractivity contribution in [3.05, 3.63) is 58.7 Å². The summed E-state index contributed by atoms with van der Waals surface area (Å²) in [6.45, 7) is 6.01. The van der Waals surface area contributed by atoms with Gasteiger partial charge in [0.05, 0.1) is 12.3 Å². The summed E-state index contributed by atoms with van der Waals surface area (Å²) in [5.41, 5.74) is 3.03. The number of hydrogen-bond donors (Lipinski definition) is 2. The van der Waals surface area contributed by atoms with E-state index in [1.807, 2.05) is 26.0 Å². The van der Waals surface area contributed by atoms with E-state index in [0.29, 0.717) is 17.9 Å². The number of phenols is 1. The molecule has 0 aliphatic carbocycles. The SMILES string of the molecule is CCOc1cc(C=C2C(=O)NC(=S)N(c3cccc(C)c3C)C2=O)ccc1O. The van der Waals surface area contributed by atoms with Crippen molar-refractivity contribution < 1.29 is 19.4 Å². The van der Waals surface area contributed by atoms with Gasteiger partial charge < -0.3 is 9.84 Å². The molecule has 2 amide bonds. The molecular weight excluding hydrogens is 376 g/mol. The number of nitrogens with one attached hydrogen (secondary N) is 1. The Morgan fingerprint density at radius 1 is 1.21 bits per heavy atom. The number of amides is 2. The lowest BCUT2D eigenvalue weighted by Crippen LogP contribution is -2.54. The lowest BCUT2D eigenvalue weighted by molar-refractivity contribution is -0.122. The van der Waals surface area contributed by atoms with Crippen molar-refractivity contribution in [2.75, 3.05) is 11.5 Å². The second kappa shape index (κ2) is 7.82. The Bertz CT molecular complexity index is 1010. The molecule has 0 unspecified atom stereocenters. The molecule has 1 heterocycles. The molecule has 7 heteroatoms. The molecule has 2 N–H and O–H groups in total. The van der Waals surface area contributed by atoms with E-state index in [2.05, 4.69) is 5.32 Å². The molecule has 0 aromatic heterocycles. The number of phenolic OH excluding ortho intramolecular Hbond substituents is 1. The van der Waals surface area contributed by atoms with Crippen molar-refractivity contribution in [2.45, 2.75) is 20.8 Å². The summed E-state index contributed by atoms with van der Waals surface area (Å²) in [6, 6.07) is 10.2.